The van der Waals surface area contributed by atoms with E-state index in [4.69, 9.17) is 24.7 Å². The van der Waals surface area contributed by atoms with Crippen molar-refractivity contribution in [3.05, 3.63) is 59.7 Å². The number of methoxy groups -OCH3 is 1. The molecule has 0 aliphatic heterocycles. The zero-order valence-electron chi connectivity index (χ0n) is 30.2. The van der Waals surface area contributed by atoms with E-state index in [1.54, 1.807) is 28.9 Å². The van der Waals surface area contributed by atoms with Crippen molar-refractivity contribution in [3.63, 3.8) is 0 Å². The SMILES string of the molecule is C=C(N)NC(CCCCn1cc(CCCCCCNC(=O)c2ccc(C(=O)NCCOCCOCCOCCNC(=O)COC)cc2)nn1)C(=O)O. The van der Waals surface area contributed by atoms with Crippen LogP contribution in [0.2, 0.25) is 0 Å². The van der Waals surface area contributed by atoms with Crippen LogP contribution < -0.4 is 27.0 Å². The molecule has 0 saturated heterocycles. The summed E-state index contributed by atoms with van der Waals surface area (Å²) in [7, 11) is 1.46. The fraction of sp³-hybridized carbons (Fsp3) is 0.600. The molecule has 1 heterocycles. The molecule has 0 bridgehead atoms. The van der Waals surface area contributed by atoms with Crippen LogP contribution in [0.5, 0.6) is 0 Å². The molecule has 2 rings (SSSR count). The number of aromatic nitrogens is 3. The van der Waals surface area contributed by atoms with E-state index in [9.17, 15) is 24.3 Å². The number of rotatable bonds is 31. The van der Waals surface area contributed by atoms with Crippen LogP contribution in [-0.4, -0.2) is 123 Å². The smallest absolute Gasteiger partial charge is 0.326 e. The Morgan fingerprint density at radius 3 is 1.98 bits per heavy atom. The minimum atomic E-state index is -0.954. The maximum absolute atomic E-state index is 12.5. The van der Waals surface area contributed by atoms with E-state index < -0.39 is 12.0 Å². The van der Waals surface area contributed by atoms with Gasteiger partial charge in [0.1, 0.15) is 12.6 Å². The second-order valence-corrected chi connectivity index (χ2v) is 11.9. The summed E-state index contributed by atoms with van der Waals surface area (Å²) in [6.07, 6.45) is 8.42. The van der Waals surface area contributed by atoms with Gasteiger partial charge in [-0.3, -0.25) is 19.1 Å². The standard InChI is InChI=1S/C35H56N8O9/c1-27(36)40-31(35(47)48)10-6-8-18-43-25-30(41-42-43)9-5-3-4-7-15-38-33(45)28-11-13-29(14-12-28)34(46)39-17-20-51-22-24-52-23-21-50-19-16-37-32(44)26-49-2/h11-14,25,31,40H,1,3-10,15-24,26,36H2,2H3,(H,37,44)(H,38,45)(H,39,46)(H,47,48). The maximum atomic E-state index is 12.5. The van der Waals surface area contributed by atoms with Gasteiger partial charge in [0, 0.05) is 50.6 Å². The van der Waals surface area contributed by atoms with Crippen molar-refractivity contribution in [3.8, 4) is 0 Å². The van der Waals surface area contributed by atoms with Gasteiger partial charge < -0.3 is 51.1 Å². The highest BCUT2D eigenvalue weighted by atomic mass is 16.5. The molecule has 0 aliphatic carbocycles. The predicted molar refractivity (Wildman–Crippen MR) is 192 cm³/mol. The number of carbonyl (C=O) groups excluding carboxylic acids is 3. The number of nitrogens with zero attached hydrogens (tertiary/aromatic N) is 3. The van der Waals surface area contributed by atoms with Crippen LogP contribution in [0.1, 0.15) is 71.4 Å². The Morgan fingerprint density at radius 2 is 1.38 bits per heavy atom. The van der Waals surface area contributed by atoms with Gasteiger partial charge in [-0.2, -0.15) is 0 Å². The molecule has 1 atom stereocenters. The molecule has 1 aromatic carbocycles. The lowest BCUT2D eigenvalue weighted by Gasteiger charge is -2.14. The second kappa shape index (κ2) is 27.1. The number of amides is 3. The first-order valence-corrected chi connectivity index (χ1v) is 17.7. The largest absolute Gasteiger partial charge is 0.480 e. The maximum Gasteiger partial charge on any atom is 0.326 e. The van der Waals surface area contributed by atoms with Crippen LogP contribution in [0.15, 0.2) is 42.9 Å². The Morgan fingerprint density at radius 1 is 0.808 bits per heavy atom. The van der Waals surface area contributed by atoms with Crippen LogP contribution >= 0.6 is 0 Å². The Bertz CT molecular complexity index is 1340. The number of nitrogens with two attached hydrogens (primary N) is 1. The van der Waals surface area contributed by atoms with Crippen molar-refractivity contribution in [2.45, 2.75) is 64.0 Å². The highest BCUT2D eigenvalue weighted by Crippen LogP contribution is 2.09. The van der Waals surface area contributed by atoms with Gasteiger partial charge in [0.25, 0.3) is 11.8 Å². The molecule has 2 aromatic rings. The minimum absolute atomic E-state index is 0.0267. The van der Waals surface area contributed by atoms with Gasteiger partial charge in [-0.05, 0) is 62.8 Å². The fourth-order valence-corrected chi connectivity index (χ4v) is 4.85. The van der Waals surface area contributed by atoms with E-state index in [0.717, 1.165) is 44.2 Å². The molecule has 0 radical (unpaired) electrons. The van der Waals surface area contributed by atoms with Gasteiger partial charge in [0.05, 0.1) is 51.2 Å². The number of hydrogen-bond acceptors (Lipinski definition) is 12. The lowest BCUT2D eigenvalue weighted by atomic mass is 10.1. The summed E-state index contributed by atoms with van der Waals surface area (Å²) in [6.45, 7) is 7.80. The molecule has 0 saturated carbocycles. The number of hydrogen-bond donors (Lipinski definition) is 6. The lowest BCUT2D eigenvalue weighted by Crippen LogP contribution is -2.38. The van der Waals surface area contributed by atoms with Gasteiger partial charge in [0.2, 0.25) is 5.91 Å². The first-order valence-electron chi connectivity index (χ1n) is 17.7. The zero-order chi connectivity index (χ0) is 37.8. The number of ether oxygens (including phenoxy) is 4. The van der Waals surface area contributed by atoms with Crippen molar-refractivity contribution >= 4 is 23.7 Å². The Balaban J connectivity index is 1.45. The minimum Gasteiger partial charge on any atom is -0.480 e. The summed E-state index contributed by atoms with van der Waals surface area (Å²) in [4.78, 5) is 47.4. The zero-order valence-corrected chi connectivity index (χ0v) is 30.2. The van der Waals surface area contributed by atoms with Gasteiger partial charge in [-0.25, -0.2) is 4.79 Å². The number of unbranched alkanes of at least 4 members (excludes halogenated alkanes) is 4. The molecule has 1 aromatic heterocycles. The van der Waals surface area contributed by atoms with Crippen LogP contribution in [0, 0.1) is 0 Å². The number of benzene rings is 1. The monoisotopic (exact) mass is 732 g/mol. The number of carbonyl (C=O) groups is 4. The average Bonchev–Trinajstić information content (AvgIpc) is 3.58. The number of carboxylic acids is 1. The first kappa shape index (κ1) is 43.6. The van der Waals surface area contributed by atoms with Gasteiger partial charge in [0.15, 0.2) is 0 Å². The summed E-state index contributed by atoms with van der Waals surface area (Å²) in [5.74, 6) is -1.43. The third-order valence-corrected chi connectivity index (χ3v) is 7.55. The van der Waals surface area contributed by atoms with Crippen molar-refractivity contribution in [1.29, 1.82) is 0 Å². The van der Waals surface area contributed by atoms with E-state index in [0.29, 0.717) is 89.8 Å². The third kappa shape index (κ3) is 20.3. The molecule has 290 valence electrons. The first-order chi connectivity index (χ1) is 25.2. The van der Waals surface area contributed by atoms with Crippen molar-refractivity contribution in [2.24, 2.45) is 5.73 Å². The average molecular weight is 733 g/mol. The summed E-state index contributed by atoms with van der Waals surface area (Å²) < 4.78 is 22.7. The van der Waals surface area contributed by atoms with E-state index >= 15 is 0 Å². The Labute approximate surface area is 305 Å². The molecule has 3 amide bonds. The summed E-state index contributed by atoms with van der Waals surface area (Å²) in [5, 5.41) is 28.7. The lowest BCUT2D eigenvalue weighted by molar-refractivity contribution is -0.139. The molecular weight excluding hydrogens is 676 g/mol. The molecular formula is C35H56N8O9. The third-order valence-electron chi connectivity index (χ3n) is 7.55. The van der Waals surface area contributed by atoms with Gasteiger partial charge in [-0.15, -0.1) is 5.10 Å². The normalized spacial score (nSPS) is 11.5. The van der Waals surface area contributed by atoms with Crippen LogP contribution in [-0.2, 0) is 41.5 Å². The van der Waals surface area contributed by atoms with E-state index in [1.165, 1.54) is 7.11 Å². The molecule has 1 unspecified atom stereocenters. The number of aryl methyl sites for hydroxylation is 2. The fourth-order valence-electron chi connectivity index (χ4n) is 4.85. The predicted octanol–water partition coefficient (Wildman–Crippen LogP) is 0.996. The van der Waals surface area contributed by atoms with Gasteiger partial charge in [-0.1, -0.05) is 24.6 Å². The van der Waals surface area contributed by atoms with Crippen LogP contribution in [0.3, 0.4) is 0 Å². The number of nitrogens with one attached hydrogen (secondary N) is 4. The molecule has 0 spiro atoms. The van der Waals surface area contributed by atoms with Gasteiger partial charge >= 0.3 is 5.97 Å². The number of carboxylic acid groups (broad SMARTS) is 1. The number of aliphatic carboxylic acids is 1. The molecule has 17 nitrogen and oxygen atoms in total. The van der Waals surface area contributed by atoms with Crippen molar-refractivity contribution in [1.82, 2.24) is 36.3 Å². The summed E-state index contributed by atoms with van der Waals surface area (Å²) in [6, 6.07) is 5.77. The van der Waals surface area contributed by atoms with E-state index in [1.807, 2.05) is 6.20 Å². The van der Waals surface area contributed by atoms with E-state index in [2.05, 4.69) is 38.2 Å². The highest BCUT2D eigenvalue weighted by Gasteiger charge is 2.16. The molecule has 7 N–H and O–H groups in total. The van der Waals surface area contributed by atoms with Crippen LogP contribution in [0.25, 0.3) is 0 Å². The van der Waals surface area contributed by atoms with Crippen molar-refractivity contribution in [2.75, 3.05) is 73.0 Å². The summed E-state index contributed by atoms with van der Waals surface area (Å²) in [5.41, 5.74) is 7.32. The molecule has 17 heteroatoms. The summed E-state index contributed by atoms with van der Waals surface area (Å²) >= 11 is 0. The topological polar surface area (TPSA) is 230 Å². The molecule has 0 fully saturated rings. The molecule has 52 heavy (non-hydrogen) atoms. The molecule has 0 aliphatic rings. The highest BCUT2D eigenvalue weighted by molar-refractivity contribution is 5.97. The van der Waals surface area contributed by atoms with E-state index in [-0.39, 0.29) is 30.1 Å². The van der Waals surface area contributed by atoms with Crippen LogP contribution in [0.4, 0.5) is 0 Å². The second-order valence-electron chi connectivity index (χ2n) is 11.9. The Kier molecular flexibility index (Phi) is 22.7. The Hall–Kier alpha value is -4.58. The quantitative estimate of drug-likeness (QED) is 0.0595. The van der Waals surface area contributed by atoms with Crippen molar-refractivity contribution < 1.29 is 43.2 Å².